The van der Waals surface area contributed by atoms with Gasteiger partial charge in [-0.15, -0.1) is 0 Å². The highest BCUT2D eigenvalue weighted by atomic mass is 32.2. The highest BCUT2D eigenvalue weighted by Crippen LogP contribution is 2.27. The van der Waals surface area contributed by atoms with E-state index < -0.39 is 10.0 Å². The van der Waals surface area contributed by atoms with Crippen LogP contribution in [0.3, 0.4) is 0 Å². The zero-order valence-electron chi connectivity index (χ0n) is 21.5. The molecule has 0 bridgehead atoms. The summed E-state index contributed by atoms with van der Waals surface area (Å²) >= 11 is 0. The number of carbonyl (C=O) groups is 1. The Labute approximate surface area is 215 Å². The molecule has 0 aromatic heterocycles. The van der Waals surface area contributed by atoms with Gasteiger partial charge in [-0.3, -0.25) is 9.10 Å². The Morgan fingerprint density at radius 3 is 2.17 bits per heavy atom. The molecular formula is C29H35N3O3S. The van der Waals surface area contributed by atoms with Crippen LogP contribution in [0.2, 0.25) is 0 Å². The van der Waals surface area contributed by atoms with Crippen molar-refractivity contribution in [1.82, 2.24) is 5.32 Å². The standard InChI is InChI=1S/C29H35N3O3S/c1-21-7-15-28(16-8-21)36(34,35)32(27-12-9-22(2)23(3)19-27)20-29(33)30-24(4)25-10-13-26(14-11-25)31-17-5-6-18-31/h7-16,19,24H,5-6,17-18,20H2,1-4H3,(H,30,33). The van der Waals surface area contributed by atoms with Crippen molar-refractivity contribution in [2.45, 2.75) is 51.5 Å². The zero-order chi connectivity index (χ0) is 25.9. The van der Waals surface area contributed by atoms with Gasteiger partial charge in [0, 0.05) is 18.8 Å². The van der Waals surface area contributed by atoms with Crippen LogP contribution in [0, 0.1) is 20.8 Å². The fourth-order valence-corrected chi connectivity index (χ4v) is 5.90. The number of nitrogens with zero attached hydrogens (tertiary/aromatic N) is 2. The molecule has 1 saturated heterocycles. The monoisotopic (exact) mass is 505 g/mol. The van der Waals surface area contributed by atoms with Gasteiger partial charge in [-0.2, -0.15) is 0 Å². The molecule has 1 unspecified atom stereocenters. The molecule has 0 saturated carbocycles. The molecule has 3 aromatic rings. The van der Waals surface area contributed by atoms with Crippen LogP contribution >= 0.6 is 0 Å². The van der Waals surface area contributed by atoms with E-state index in [1.165, 1.54) is 22.8 Å². The van der Waals surface area contributed by atoms with Gasteiger partial charge < -0.3 is 10.2 Å². The van der Waals surface area contributed by atoms with Gasteiger partial charge in [0.2, 0.25) is 5.91 Å². The van der Waals surface area contributed by atoms with Crippen molar-refractivity contribution >= 4 is 27.3 Å². The number of anilines is 2. The first-order valence-electron chi connectivity index (χ1n) is 12.5. The number of amides is 1. The SMILES string of the molecule is Cc1ccc(S(=O)(=O)N(CC(=O)NC(C)c2ccc(N3CCCC3)cc2)c2ccc(C)c(C)c2)cc1. The van der Waals surface area contributed by atoms with Crippen LogP contribution < -0.4 is 14.5 Å². The van der Waals surface area contributed by atoms with Gasteiger partial charge in [-0.05, 0) is 93.6 Å². The zero-order valence-corrected chi connectivity index (χ0v) is 22.3. The minimum atomic E-state index is -3.94. The molecule has 1 amide bonds. The van der Waals surface area contributed by atoms with Crippen LogP contribution in [0.15, 0.2) is 71.6 Å². The van der Waals surface area contributed by atoms with Crippen LogP contribution in [-0.2, 0) is 14.8 Å². The van der Waals surface area contributed by atoms with Crippen LogP contribution in [0.4, 0.5) is 11.4 Å². The van der Waals surface area contributed by atoms with E-state index in [2.05, 4.69) is 22.3 Å². The van der Waals surface area contributed by atoms with E-state index >= 15 is 0 Å². The number of carbonyl (C=O) groups excluding carboxylic acids is 1. The first kappa shape index (κ1) is 25.8. The van der Waals surface area contributed by atoms with Gasteiger partial charge in [-0.25, -0.2) is 8.42 Å². The van der Waals surface area contributed by atoms with E-state index in [1.807, 2.05) is 52.0 Å². The molecule has 1 aliphatic rings. The first-order chi connectivity index (χ1) is 17.1. The summed E-state index contributed by atoms with van der Waals surface area (Å²) in [6, 6.07) is 20.1. The van der Waals surface area contributed by atoms with E-state index in [-0.39, 0.29) is 23.4 Å². The van der Waals surface area contributed by atoms with Crippen LogP contribution in [-0.4, -0.2) is 34.0 Å². The Morgan fingerprint density at radius 2 is 1.56 bits per heavy atom. The summed E-state index contributed by atoms with van der Waals surface area (Å²) in [5.41, 5.74) is 5.63. The third kappa shape index (κ3) is 5.73. The van der Waals surface area contributed by atoms with E-state index in [9.17, 15) is 13.2 Å². The fourth-order valence-electron chi connectivity index (χ4n) is 4.48. The predicted octanol–water partition coefficient (Wildman–Crippen LogP) is 5.28. The Bertz CT molecular complexity index is 1310. The number of hydrogen-bond acceptors (Lipinski definition) is 4. The normalized spacial score (nSPS) is 14.5. The minimum absolute atomic E-state index is 0.157. The summed E-state index contributed by atoms with van der Waals surface area (Å²) in [4.78, 5) is 15.7. The summed E-state index contributed by atoms with van der Waals surface area (Å²) in [6.45, 7) is 9.58. The highest BCUT2D eigenvalue weighted by Gasteiger charge is 2.28. The van der Waals surface area contributed by atoms with Crippen molar-refractivity contribution in [3.63, 3.8) is 0 Å². The van der Waals surface area contributed by atoms with Crippen molar-refractivity contribution in [2.75, 3.05) is 28.8 Å². The fraction of sp³-hybridized carbons (Fsp3) is 0.345. The number of hydrogen-bond donors (Lipinski definition) is 1. The van der Waals surface area contributed by atoms with E-state index in [4.69, 9.17) is 0 Å². The number of benzene rings is 3. The molecule has 1 heterocycles. The molecule has 4 rings (SSSR count). The molecule has 36 heavy (non-hydrogen) atoms. The van der Waals surface area contributed by atoms with Gasteiger partial charge >= 0.3 is 0 Å². The lowest BCUT2D eigenvalue weighted by Crippen LogP contribution is -2.41. The molecule has 190 valence electrons. The topological polar surface area (TPSA) is 69.7 Å². The molecule has 0 spiro atoms. The molecule has 0 aliphatic carbocycles. The quantitative estimate of drug-likeness (QED) is 0.452. The number of aryl methyl sites for hydroxylation is 3. The van der Waals surface area contributed by atoms with Gasteiger partial charge in [0.05, 0.1) is 16.6 Å². The average Bonchev–Trinajstić information content (AvgIpc) is 3.40. The van der Waals surface area contributed by atoms with Crippen molar-refractivity contribution in [1.29, 1.82) is 0 Å². The second-order valence-corrected chi connectivity index (χ2v) is 11.5. The Hall–Kier alpha value is -3.32. The number of rotatable bonds is 8. The smallest absolute Gasteiger partial charge is 0.264 e. The molecule has 1 fully saturated rings. The van der Waals surface area contributed by atoms with E-state index in [0.717, 1.165) is 35.3 Å². The lowest BCUT2D eigenvalue weighted by molar-refractivity contribution is -0.120. The molecule has 6 nitrogen and oxygen atoms in total. The molecule has 0 radical (unpaired) electrons. The third-order valence-electron chi connectivity index (χ3n) is 6.92. The second-order valence-electron chi connectivity index (χ2n) is 9.67. The van der Waals surface area contributed by atoms with Crippen molar-refractivity contribution < 1.29 is 13.2 Å². The second kappa shape index (κ2) is 10.7. The number of sulfonamides is 1. The summed E-state index contributed by atoms with van der Waals surface area (Å²) in [5.74, 6) is -0.361. The van der Waals surface area contributed by atoms with Gasteiger partial charge in [0.1, 0.15) is 6.54 Å². The predicted molar refractivity (Wildman–Crippen MR) is 146 cm³/mol. The lowest BCUT2D eigenvalue weighted by Gasteiger charge is -2.26. The van der Waals surface area contributed by atoms with Gasteiger partial charge in [0.25, 0.3) is 10.0 Å². The molecule has 1 aliphatic heterocycles. The number of nitrogens with one attached hydrogen (secondary N) is 1. The maximum Gasteiger partial charge on any atom is 0.264 e. The molecular weight excluding hydrogens is 470 g/mol. The van der Waals surface area contributed by atoms with Gasteiger partial charge in [0.15, 0.2) is 0 Å². The maximum absolute atomic E-state index is 13.6. The van der Waals surface area contributed by atoms with Crippen molar-refractivity contribution in [3.05, 3.63) is 89.0 Å². The summed E-state index contributed by atoms with van der Waals surface area (Å²) in [5, 5.41) is 2.99. The van der Waals surface area contributed by atoms with Gasteiger partial charge in [-0.1, -0.05) is 35.9 Å². The summed E-state index contributed by atoms with van der Waals surface area (Å²) < 4.78 is 28.5. The maximum atomic E-state index is 13.6. The minimum Gasteiger partial charge on any atom is -0.372 e. The Kier molecular flexibility index (Phi) is 7.69. The van der Waals surface area contributed by atoms with E-state index in [0.29, 0.717) is 5.69 Å². The first-order valence-corrected chi connectivity index (χ1v) is 13.9. The third-order valence-corrected chi connectivity index (χ3v) is 8.70. The Balaban J connectivity index is 1.54. The lowest BCUT2D eigenvalue weighted by atomic mass is 10.1. The highest BCUT2D eigenvalue weighted by molar-refractivity contribution is 7.92. The Morgan fingerprint density at radius 1 is 0.917 bits per heavy atom. The molecule has 1 atom stereocenters. The van der Waals surface area contributed by atoms with Crippen molar-refractivity contribution in [2.24, 2.45) is 0 Å². The summed E-state index contributed by atoms with van der Waals surface area (Å²) in [6.07, 6.45) is 2.44. The van der Waals surface area contributed by atoms with Crippen LogP contribution in [0.1, 0.15) is 48.1 Å². The molecule has 7 heteroatoms. The molecule has 1 N–H and O–H groups in total. The van der Waals surface area contributed by atoms with Crippen molar-refractivity contribution in [3.8, 4) is 0 Å². The average molecular weight is 506 g/mol. The molecule has 3 aromatic carbocycles. The van der Waals surface area contributed by atoms with Crippen LogP contribution in [0.5, 0.6) is 0 Å². The summed E-state index contributed by atoms with van der Waals surface area (Å²) in [7, 11) is -3.94. The van der Waals surface area contributed by atoms with Crippen LogP contribution in [0.25, 0.3) is 0 Å². The largest absolute Gasteiger partial charge is 0.372 e. The van der Waals surface area contributed by atoms with E-state index in [1.54, 1.807) is 30.3 Å².